The number of methoxy groups -OCH3 is 2. The SMILES string of the molecule is CCC1CC(c2ncc(-c3ccc4c(c3)COc3cc5c(ccc6[nH]c(C7CCC(C)N7C(=O)C(NC(=O)OC)C(C)C)nc65)cc3-4)[nH]2)N(C(=O)C(NC(=O)OC)C2CC(C)OC(C)C2)C1. The number of nitrogens with zero attached hydrogens (tertiary/aromatic N) is 4. The van der Waals surface area contributed by atoms with Crippen molar-refractivity contribution in [1.82, 2.24) is 40.4 Å². The second kappa shape index (κ2) is 18.3. The first-order chi connectivity index (χ1) is 31.7. The Hall–Kier alpha value is -6.16. The minimum Gasteiger partial charge on any atom is -0.488 e. The predicted molar refractivity (Wildman–Crippen MR) is 248 cm³/mol. The summed E-state index contributed by atoms with van der Waals surface area (Å²) in [6.45, 7) is 13.0. The molecule has 2 aromatic heterocycles. The number of aromatic nitrogens is 4. The van der Waals surface area contributed by atoms with Crippen LogP contribution in [0.15, 0.2) is 48.7 Å². The maximum Gasteiger partial charge on any atom is 0.407 e. The zero-order valence-electron chi connectivity index (χ0n) is 39.1. The molecule has 16 heteroatoms. The molecule has 6 heterocycles. The summed E-state index contributed by atoms with van der Waals surface area (Å²) in [5.41, 5.74) is 6.59. The number of ether oxygens (including phenoxy) is 4. The van der Waals surface area contributed by atoms with Gasteiger partial charge in [-0.25, -0.2) is 19.6 Å². The lowest BCUT2D eigenvalue weighted by molar-refractivity contribution is -0.139. The molecule has 3 aromatic carbocycles. The molecule has 4 aliphatic rings. The van der Waals surface area contributed by atoms with Crippen molar-refractivity contribution >= 4 is 45.8 Å². The number of amides is 4. The highest BCUT2D eigenvalue weighted by Crippen LogP contribution is 2.44. The molecule has 8 unspecified atom stereocenters. The molecule has 3 fully saturated rings. The molecular weight excluding hydrogens is 841 g/mol. The molecule has 8 atom stereocenters. The smallest absolute Gasteiger partial charge is 0.407 e. The Morgan fingerprint density at radius 1 is 0.864 bits per heavy atom. The maximum atomic E-state index is 14.5. The maximum absolute atomic E-state index is 14.5. The molecule has 0 saturated carbocycles. The first-order valence-corrected chi connectivity index (χ1v) is 23.5. The monoisotopic (exact) mass is 902 g/mol. The first-order valence-electron chi connectivity index (χ1n) is 23.5. The van der Waals surface area contributed by atoms with Gasteiger partial charge in [0.25, 0.3) is 0 Å². The van der Waals surface area contributed by atoms with E-state index in [0.717, 1.165) is 87.0 Å². The average molecular weight is 903 g/mol. The molecule has 66 heavy (non-hydrogen) atoms. The number of alkyl carbamates (subject to hydrolysis) is 2. The Labute approximate surface area is 384 Å². The highest BCUT2D eigenvalue weighted by atomic mass is 16.5. The van der Waals surface area contributed by atoms with E-state index < -0.39 is 24.3 Å². The molecule has 0 radical (unpaired) electrons. The summed E-state index contributed by atoms with van der Waals surface area (Å²) in [6, 6.07) is 12.7. The van der Waals surface area contributed by atoms with E-state index in [9.17, 15) is 19.2 Å². The van der Waals surface area contributed by atoms with Crippen molar-refractivity contribution in [2.24, 2.45) is 17.8 Å². The van der Waals surface area contributed by atoms with Crippen LogP contribution in [-0.2, 0) is 30.4 Å². The van der Waals surface area contributed by atoms with Gasteiger partial charge in [-0.05, 0) is 117 Å². The van der Waals surface area contributed by atoms with E-state index in [4.69, 9.17) is 28.9 Å². The lowest BCUT2D eigenvalue weighted by Crippen LogP contribution is -2.54. The highest BCUT2D eigenvalue weighted by molar-refractivity contribution is 6.07. The summed E-state index contributed by atoms with van der Waals surface area (Å²) in [7, 11) is 2.62. The van der Waals surface area contributed by atoms with Crippen molar-refractivity contribution in [3.8, 4) is 28.1 Å². The fourth-order valence-corrected chi connectivity index (χ4v) is 11.0. The van der Waals surface area contributed by atoms with Gasteiger partial charge in [-0.3, -0.25) is 9.59 Å². The third-order valence-electron chi connectivity index (χ3n) is 14.4. The summed E-state index contributed by atoms with van der Waals surface area (Å²) in [6.07, 6.45) is 5.08. The van der Waals surface area contributed by atoms with Gasteiger partial charge in [0, 0.05) is 23.5 Å². The summed E-state index contributed by atoms with van der Waals surface area (Å²) in [5.74, 6) is 1.99. The van der Waals surface area contributed by atoms with Crippen LogP contribution in [0.2, 0.25) is 0 Å². The van der Waals surface area contributed by atoms with Gasteiger partial charge in [0.1, 0.15) is 36.1 Å². The zero-order chi connectivity index (χ0) is 46.6. The van der Waals surface area contributed by atoms with E-state index in [1.807, 2.05) is 56.7 Å². The van der Waals surface area contributed by atoms with E-state index in [1.165, 1.54) is 14.2 Å². The molecule has 5 aromatic rings. The molecule has 4 N–H and O–H groups in total. The zero-order valence-corrected chi connectivity index (χ0v) is 39.1. The van der Waals surface area contributed by atoms with Crippen LogP contribution in [0.1, 0.15) is 109 Å². The Morgan fingerprint density at radius 3 is 2.35 bits per heavy atom. The number of likely N-dealkylation sites (tertiary alicyclic amines) is 2. The summed E-state index contributed by atoms with van der Waals surface area (Å²) in [4.78, 5) is 74.2. The number of hydrogen-bond acceptors (Lipinski definition) is 10. The second-order valence-electron chi connectivity index (χ2n) is 19.2. The van der Waals surface area contributed by atoms with E-state index in [-0.39, 0.29) is 54.0 Å². The number of hydrogen-bond donors (Lipinski definition) is 4. The van der Waals surface area contributed by atoms with Gasteiger partial charge in [0.2, 0.25) is 11.8 Å². The molecule has 0 aliphatic carbocycles. The molecule has 4 aliphatic heterocycles. The first kappa shape index (κ1) is 45.0. The lowest BCUT2D eigenvalue weighted by atomic mass is 9.85. The quantitative estimate of drug-likeness (QED) is 0.106. The third-order valence-corrected chi connectivity index (χ3v) is 14.4. The number of rotatable bonds is 10. The molecule has 0 bridgehead atoms. The van der Waals surface area contributed by atoms with Gasteiger partial charge in [-0.1, -0.05) is 45.4 Å². The van der Waals surface area contributed by atoms with Gasteiger partial charge >= 0.3 is 12.2 Å². The number of nitrogens with one attached hydrogen (secondary N) is 4. The molecule has 4 amide bonds. The van der Waals surface area contributed by atoms with Gasteiger partial charge in [-0.2, -0.15) is 0 Å². The van der Waals surface area contributed by atoms with E-state index >= 15 is 0 Å². The fraction of sp³-hybridized carbons (Fsp3) is 0.520. The van der Waals surface area contributed by atoms with Crippen LogP contribution in [0.25, 0.3) is 44.2 Å². The Bertz CT molecular complexity index is 2650. The fourth-order valence-electron chi connectivity index (χ4n) is 11.0. The summed E-state index contributed by atoms with van der Waals surface area (Å²) < 4.78 is 22.3. The van der Waals surface area contributed by atoms with Crippen LogP contribution in [-0.4, -0.2) is 105 Å². The lowest BCUT2D eigenvalue weighted by Gasteiger charge is -2.38. The van der Waals surface area contributed by atoms with Crippen molar-refractivity contribution in [3.05, 3.63) is 65.9 Å². The standard InChI is InChI=1S/C50H62N8O8/c1-9-29-18-40(57(23-29)47(59)43(56-50(62)64-8)32-16-27(5)66-28(6)17-32)45-51-22-38(53-45)31-11-13-34-33(19-31)24-65-41-21-35-30(20-36(34)41)12-14-37-44(35)54-46(52-37)39-15-10-26(4)58(39)48(60)42(25(2)3)55-49(61)63-7/h11-14,19-22,25-29,32,39-40,42-43H,9-10,15-18,23-24H2,1-8H3,(H,51,53)(H,52,54)(H,55,61)(H,56,62). The number of fused-ring (bicyclic) bond motifs is 6. The van der Waals surface area contributed by atoms with Crippen molar-refractivity contribution < 1.29 is 38.1 Å². The van der Waals surface area contributed by atoms with E-state index in [2.05, 4.69) is 63.9 Å². The van der Waals surface area contributed by atoms with Crippen LogP contribution in [0.4, 0.5) is 9.59 Å². The van der Waals surface area contributed by atoms with Gasteiger partial charge < -0.3 is 49.3 Å². The van der Waals surface area contributed by atoms with Gasteiger partial charge in [-0.15, -0.1) is 0 Å². The van der Waals surface area contributed by atoms with Gasteiger partial charge in [0.15, 0.2) is 0 Å². The molecular formula is C50H62N8O8. The van der Waals surface area contributed by atoms with Crippen molar-refractivity contribution in [2.45, 2.75) is 129 Å². The predicted octanol–water partition coefficient (Wildman–Crippen LogP) is 8.33. The number of carbonyl (C=O) groups is 4. The van der Waals surface area contributed by atoms with Crippen LogP contribution in [0.3, 0.4) is 0 Å². The largest absolute Gasteiger partial charge is 0.488 e. The summed E-state index contributed by atoms with van der Waals surface area (Å²) in [5, 5.41) is 7.60. The van der Waals surface area contributed by atoms with Crippen LogP contribution < -0.4 is 15.4 Å². The number of H-pyrrole nitrogens is 2. The number of imidazole rings is 2. The van der Waals surface area contributed by atoms with E-state index in [1.54, 1.807) is 0 Å². The number of carbonyl (C=O) groups excluding carboxylic acids is 4. The van der Waals surface area contributed by atoms with Crippen LogP contribution >= 0.6 is 0 Å². The average Bonchev–Trinajstić information content (AvgIpc) is 4.14. The van der Waals surface area contributed by atoms with Crippen molar-refractivity contribution in [1.29, 1.82) is 0 Å². The molecule has 9 rings (SSSR count). The Balaban J connectivity index is 0.963. The van der Waals surface area contributed by atoms with Crippen LogP contribution in [0.5, 0.6) is 5.75 Å². The number of benzene rings is 3. The van der Waals surface area contributed by atoms with E-state index in [0.29, 0.717) is 37.7 Å². The van der Waals surface area contributed by atoms with Crippen LogP contribution in [0, 0.1) is 17.8 Å². The topological polar surface area (TPSA) is 193 Å². The minimum atomic E-state index is -0.742. The second-order valence-corrected chi connectivity index (χ2v) is 19.2. The Morgan fingerprint density at radius 2 is 1.62 bits per heavy atom. The molecule has 3 saturated heterocycles. The Kier molecular flexibility index (Phi) is 12.5. The van der Waals surface area contributed by atoms with Crippen molar-refractivity contribution in [3.63, 3.8) is 0 Å². The molecule has 16 nitrogen and oxygen atoms in total. The molecule has 0 spiro atoms. The normalized spacial score (nSPS) is 24.7. The number of aromatic amines is 2. The molecule has 350 valence electrons. The minimum absolute atomic E-state index is 0.0294. The third kappa shape index (κ3) is 8.44. The highest BCUT2D eigenvalue weighted by Gasteiger charge is 2.45. The summed E-state index contributed by atoms with van der Waals surface area (Å²) >= 11 is 0. The van der Waals surface area contributed by atoms with Gasteiger partial charge in [0.05, 0.1) is 61.4 Å². The van der Waals surface area contributed by atoms with Crippen molar-refractivity contribution in [2.75, 3.05) is 20.8 Å².